The van der Waals surface area contributed by atoms with Gasteiger partial charge >= 0.3 is 5.69 Å². The van der Waals surface area contributed by atoms with E-state index in [9.17, 15) is 10.1 Å². The highest BCUT2D eigenvalue weighted by Crippen LogP contribution is 2.30. The fraction of sp³-hybridized carbons (Fsp3) is 0.312. The van der Waals surface area contributed by atoms with E-state index in [1.807, 2.05) is 24.3 Å². The second-order valence-corrected chi connectivity index (χ2v) is 6.02. The summed E-state index contributed by atoms with van der Waals surface area (Å²) in [7, 11) is 0. The van der Waals surface area contributed by atoms with Gasteiger partial charge in [0.05, 0.1) is 4.92 Å². The van der Waals surface area contributed by atoms with Crippen molar-refractivity contribution in [3.05, 3.63) is 57.9 Å². The Labute approximate surface area is 139 Å². The minimum Gasteiger partial charge on any atom is -0.365 e. The van der Waals surface area contributed by atoms with E-state index >= 15 is 0 Å². The molecule has 0 N–H and O–H groups in total. The highest BCUT2D eigenvalue weighted by molar-refractivity contribution is 6.30. The van der Waals surface area contributed by atoms with E-state index in [1.165, 1.54) is 6.20 Å². The molecule has 0 bridgehead atoms. The first-order valence-corrected chi connectivity index (χ1v) is 7.79. The molecule has 3 rings (SSSR count). The van der Waals surface area contributed by atoms with Crippen LogP contribution in [-0.4, -0.2) is 35.6 Å². The number of hydrogen-bond donors (Lipinski definition) is 0. The summed E-state index contributed by atoms with van der Waals surface area (Å²) in [6, 6.07) is 9.71. The van der Waals surface area contributed by atoms with Gasteiger partial charge in [0.1, 0.15) is 11.9 Å². The lowest BCUT2D eigenvalue weighted by Gasteiger charge is -2.42. The third-order valence-electron chi connectivity index (χ3n) is 4.10. The Bertz CT molecular complexity index is 707. The third kappa shape index (κ3) is 3.22. The third-order valence-corrected chi connectivity index (χ3v) is 4.35. The summed E-state index contributed by atoms with van der Waals surface area (Å²) < 4.78 is 0. The number of nitrogens with zero attached hydrogens (tertiary/aromatic N) is 4. The lowest BCUT2D eigenvalue weighted by molar-refractivity contribution is -0.384. The Morgan fingerprint density at radius 1 is 1.26 bits per heavy atom. The van der Waals surface area contributed by atoms with Crippen molar-refractivity contribution in [2.45, 2.75) is 13.0 Å². The first kappa shape index (κ1) is 15.6. The molecule has 1 aliphatic heterocycles. The zero-order chi connectivity index (χ0) is 16.4. The predicted octanol–water partition coefficient (Wildman–Crippen LogP) is 3.36. The molecule has 2 aromatic rings. The van der Waals surface area contributed by atoms with Crippen molar-refractivity contribution in [2.75, 3.05) is 29.4 Å². The van der Waals surface area contributed by atoms with Crippen molar-refractivity contribution < 1.29 is 4.92 Å². The lowest BCUT2D eigenvalue weighted by atomic mass is 10.1. The molecule has 1 unspecified atom stereocenters. The highest BCUT2D eigenvalue weighted by atomic mass is 35.5. The van der Waals surface area contributed by atoms with E-state index in [2.05, 4.69) is 21.7 Å². The molecule has 1 atom stereocenters. The molecule has 0 saturated carbocycles. The predicted molar refractivity (Wildman–Crippen MR) is 91.4 cm³/mol. The summed E-state index contributed by atoms with van der Waals surface area (Å²) in [5.41, 5.74) is 1.80. The van der Waals surface area contributed by atoms with Gasteiger partial charge < -0.3 is 9.80 Å². The summed E-state index contributed by atoms with van der Waals surface area (Å²) >= 11 is 5.94. The molecule has 1 saturated heterocycles. The van der Waals surface area contributed by atoms with Gasteiger partial charge in [-0.25, -0.2) is 0 Å². The van der Waals surface area contributed by atoms with Crippen LogP contribution in [0.25, 0.3) is 0 Å². The van der Waals surface area contributed by atoms with Gasteiger partial charge in [0, 0.05) is 42.6 Å². The zero-order valence-electron chi connectivity index (χ0n) is 12.7. The summed E-state index contributed by atoms with van der Waals surface area (Å²) in [5, 5.41) is 11.9. The average Bonchev–Trinajstić information content (AvgIpc) is 2.56. The SMILES string of the molecule is CC1CN(c2ccncc2[N+](=O)[O-])CCN1c1ccc(Cl)cc1. The van der Waals surface area contributed by atoms with Crippen LogP contribution >= 0.6 is 11.6 Å². The minimum atomic E-state index is -0.376. The molecular weight excluding hydrogens is 316 g/mol. The molecule has 2 heterocycles. The maximum atomic E-state index is 11.2. The van der Waals surface area contributed by atoms with E-state index in [4.69, 9.17) is 11.6 Å². The van der Waals surface area contributed by atoms with E-state index < -0.39 is 0 Å². The quantitative estimate of drug-likeness (QED) is 0.637. The van der Waals surface area contributed by atoms with Crippen molar-refractivity contribution >= 4 is 28.7 Å². The largest absolute Gasteiger partial charge is 0.365 e. The van der Waals surface area contributed by atoms with Crippen molar-refractivity contribution in [2.24, 2.45) is 0 Å². The maximum Gasteiger partial charge on any atom is 0.310 e. The molecule has 1 fully saturated rings. The first-order chi connectivity index (χ1) is 11.1. The number of pyridine rings is 1. The number of halogens is 1. The maximum absolute atomic E-state index is 11.2. The van der Waals surface area contributed by atoms with E-state index in [0.717, 1.165) is 18.8 Å². The van der Waals surface area contributed by atoms with Gasteiger partial charge in [0.2, 0.25) is 0 Å². The Kier molecular flexibility index (Phi) is 4.34. The van der Waals surface area contributed by atoms with Gasteiger partial charge in [-0.1, -0.05) is 11.6 Å². The van der Waals surface area contributed by atoms with Crippen LogP contribution in [0.5, 0.6) is 0 Å². The van der Waals surface area contributed by atoms with Gasteiger partial charge in [-0.3, -0.25) is 15.1 Å². The molecule has 0 spiro atoms. The molecule has 1 aliphatic rings. The number of nitro groups is 1. The van der Waals surface area contributed by atoms with E-state index in [1.54, 1.807) is 12.3 Å². The van der Waals surface area contributed by atoms with Crippen molar-refractivity contribution in [3.8, 4) is 0 Å². The van der Waals surface area contributed by atoms with Gasteiger partial charge in [0.15, 0.2) is 0 Å². The topological polar surface area (TPSA) is 62.5 Å². The van der Waals surface area contributed by atoms with Crippen LogP contribution < -0.4 is 9.80 Å². The van der Waals surface area contributed by atoms with Crippen molar-refractivity contribution in [3.63, 3.8) is 0 Å². The van der Waals surface area contributed by atoms with Crippen LogP contribution in [0.3, 0.4) is 0 Å². The molecule has 7 heteroatoms. The fourth-order valence-electron chi connectivity index (χ4n) is 2.98. The Morgan fingerprint density at radius 3 is 2.65 bits per heavy atom. The van der Waals surface area contributed by atoms with Crippen molar-refractivity contribution in [1.29, 1.82) is 0 Å². The van der Waals surface area contributed by atoms with Crippen LogP contribution in [-0.2, 0) is 0 Å². The molecule has 0 aliphatic carbocycles. The second kappa shape index (κ2) is 6.42. The fourth-order valence-corrected chi connectivity index (χ4v) is 3.11. The zero-order valence-corrected chi connectivity index (χ0v) is 13.5. The van der Waals surface area contributed by atoms with Crippen LogP contribution in [0.15, 0.2) is 42.7 Å². The minimum absolute atomic E-state index is 0.0552. The highest BCUT2D eigenvalue weighted by Gasteiger charge is 2.28. The molecule has 1 aromatic heterocycles. The molecule has 120 valence electrons. The van der Waals surface area contributed by atoms with Crippen LogP contribution in [0.2, 0.25) is 5.02 Å². The number of rotatable bonds is 3. The number of piperazine rings is 1. The second-order valence-electron chi connectivity index (χ2n) is 5.59. The molecule has 23 heavy (non-hydrogen) atoms. The average molecular weight is 333 g/mol. The Hall–Kier alpha value is -2.34. The van der Waals surface area contributed by atoms with Crippen LogP contribution in [0.1, 0.15) is 6.92 Å². The van der Waals surface area contributed by atoms with Gasteiger partial charge in [-0.15, -0.1) is 0 Å². The van der Waals surface area contributed by atoms with E-state index in [0.29, 0.717) is 17.3 Å². The number of aromatic nitrogens is 1. The summed E-state index contributed by atoms with van der Waals surface area (Å²) in [6.45, 7) is 4.35. The smallest absolute Gasteiger partial charge is 0.310 e. The number of benzene rings is 1. The molecule has 0 radical (unpaired) electrons. The van der Waals surface area contributed by atoms with Crippen LogP contribution in [0.4, 0.5) is 17.1 Å². The first-order valence-electron chi connectivity index (χ1n) is 7.42. The van der Waals surface area contributed by atoms with E-state index in [-0.39, 0.29) is 16.7 Å². The Morgan fingerprint density at radius 2 is 2.00 bits per heavy atom. The van der Waals surface area contributed by atoms with Gasteiger partial charge in [0.25, 0.3) is 0 Å². The van der Waals surface area contributed by atoms with Gasteiger partial charge in [-0.2, -0.15) is 0 Å². The molecule has 0 amide bonds. The monoisotopic (exact) mass is 332 g/mol. The molecule has 6 nitrogen and oxygen atoms in total. The van der Waals surface area contributed by atoms with Gasteiger partial charge in [-0.05, 0) is 37.3 Å². The molecule has 1 aromatic carbocycles. The van der Waals surface area contributed by atoms with Crippen molar-refractivity contribution in [1.82, 2.24) is 4.98 Å². The Balaban J connectivity index is 1.79. The molecular formula is C16H17ClN4O2. The summed E-state index contributed by atoms with van der Waals surface area (Å²) in [5.74, 6) is 0. The summed E-state index contributed by atoms with van der Waals surface area (Å²) in [4.78, 5) is 19.0. The normalized spacial score (nSPS) is 18.1. The summed E-state index contributed by atoms with van der Waals surface area (Å²) in [6.07, 6.45) is 2.91. The standard InChI is InChI=1S/C16H17ClN4O2/c1-12-11-19(15-6-7-18-10-16(15)21(22)23)8-9-20(12)14-4-2-13(17)3-5-14/h2-7,10,12H,8-9,11H2,1H3. The lowest BCUT2D eigenvalue weighted by Crippen LogP contribution is -2.52. The van der Waals surface area contributed by atoms with Crippen LogP contribution in [0, 0.1) is 10.1 Å². The number of hydrogen-bond acceptors (Lipinski definition) is 5. The number of anilines is 2.